The lowest BCUT2D eigenvalue weighted by molar-refractivity contribution is -0.303. The Hall–Kier alpha value is -0.843. The van der Waals surface area contributed by atoms with Crippen molar-refractivity contribution in [3.8, 4) is 0 Å². The minimum Gasteiger partial charge on any atom is -0.550 e. The van der Waals surface area contributed by atoms with Crippen LogP contribution in [0.2, 0.25) is 0 Å². The van der Waals surface area contributed by atoms with Crippen molar-refractivity contribution in [2.45, 2.75) is 13.8 Å². The highest BCUT2D eigenvalue weighted by atomic mass is 28.1. The smallest absolute Gasteiger partial charge is 0.550 e. The molecule has 0 aromatic heterocycles. The van der Waals surface area contributed by atoms with Gasteiger partial charge in [0.25, 0.3) is 0 Å². The Kier molecular flexibility index (Phi) is 17.8. The Bertz CT molecular complexity index is 70.6. The van der Waals surface area contributed by atoms with Crippen molar-refractivity contribution in [3.05, 3.63) is 0 Å². The van der Waals surface area contributed by atoms with Gasteiger partial charge in [0.2, 0.25) is 0 Å². The second-order valence-corrected chi connectivity index (χ2v) is 0.983. The van der Waals surface area contributed by atoms with E-state index in [0.29, 0.717) is 0 Å². The topological polar surface area (TPSA) is 80.3 Å². The molecule has 0 amide bonds. The van der Waals surface area contributed by atoms with Crippen molar-refractivity contribution in [1.82, 2.24) is 0 Å². The number of carbonyl (C=O) groups is 2. The van der Waals surface area contributed by atoms with Crippen LogP contribution in [0, 0.1) is 0 Å². The van der Waals surface area contributed by atoms with E-state index >= 15 is 0 Å². The summed E-state index contributed by atoms with van der Waals surface area (Å²) in [6.07, 6.45) is 0. The van der Waals surface area contributed by atoms with Gasteiger partial charge in [0, 0.05) is 11.9 Å². The minimum absolute atomic E-state index is 0. The lowest BCUT2D eigenvalue weighted by atomic mass is 10.9. The van der Waals surface area contributed by atoms with E-state index in [1.165, 1.54) is 0 Å². The summed E-state index contributed by atoms with van der Waals surface area (Å²) in [5.74, 6) is -2.17. The van der Waals surface area contributed by atoms with Gasteiger partial charge in [-0.25, -0.2) is 0 Å². The Morgan fingerprint density at radius 1 is 1.00 bits per heavy atom. The second-order valence-electron chi connectivity index (χ2n) is 0.983. The van der Waals surface area contributed by atoms with Gasteiger partial charge in [0.15, 0.2) is 0 Å². The van der Waals surface area contributed by atoms with Gasteiger partial charge in [-0.1, -0.05) is 0 Å². The average molecular weight is 146 g/mol. The first-order valence-corrected chi connectivity index (χ1v) is 1.82. The van der Waals surface area contributed by atoms with E-state index in [0.717, 1.165) is 13.8 Å². The highest BCUT2D eigenvalue weighted by Gasteiger charge is 2.00. The van der Waals surface area contributed by atoms with Crippen LogP contribution in [0.15, 0.2) is 0 Å². The molecule has 0 aliphatic carbocycles. The van der Waals surface area contributed by atoms with Crippen molar-refractivity contribution in [3.63, 3.8) is 0 Å². The van der Waals surface area contributed by atoms with Crippen molar-refractivity contribution < 1.29 is 19.8 Å². The van der Waals surface area contributed by atoms with Crippen LogP contribution in [-0.4, -0.2) is 22.9 Å². The van der Waals surface area contributed by atoms with Gasteiger partial charge in [0.1, 0.15) is 0 Å². The van der Waals surface area contributed by atoms with E-state index in [4.69, 9.17) is 19.8 Å². The van der Waals surface area contributed by atoms with Crippen LogP contribution in [0.3, 0.4) is 0 Å². The maximum Gasteiger partial charge on any atom is 2.00 e. The highest BCUT2D eigenvalue weighted by molar-refractivity contribution is 5.75. The summed E-state index contributed by atoms with van der Waals surface area (Å²) in [5.41, 5.74) is 0. The van der Waals surface area contributed by atoms with Crippen LogP contribution in [0.25, 0.3) is 0 Å². The lowest BCUT2D eigenvalue weighted by Gasteiger charge is -1.77. The fourth-order valence-electron chi connectivity index (χ4n) is 0. The van der Waals surface area contributed by atoms with Crippen molar-refractivity contribution in [1.29, 1.82) is 0 Å². The molecule has 4 nitrogen and oxygen atoms in total. The number of aliphatic carboxylic acids is 2. The van der Waals surface area contributed by atoms with Gasteiger partial charge in [-0.2, -0.15) is 0 Å². The van der Waals surface area contributed by atoms with E-state index in [2.05, 4.69) is 0 Å². The summed E-state index contributed by atoms with van der Waals surface area (Å²) < 4.78 is 0. The number of rotatable bonds is 0. The molecule has 50 valence electrons. The quantitative estimate of drug-likeness (QED) is 0.344. The van der Waals surface area contributed by atoms with E-state index in [9.17, 15) is 0 Å². The molecular weight excluding hydrogens is 140 g/mol. The number of carboxylic acids is 2. The summed E-state index contributed by atoms with van der Waals surface area (Å²) in [6, 6.07) is 0. The average Bonchev–Trinajstić information content (AvgIpc) is 1.25. The Morgan fingerprint density at radius 2 is 1.00 bits per heavy atom. The molecule has 0 heterocycles. The maximum absolute atomic E-state index is 8.89. The number of hydrogen-bond acceptors (Lipinski definition) is 4. The molecule has 0 atom stereocenters. The lowest BCUT2D eigenvalue weighted by Crippen LogP contribution is -2.16. The molecule has 0 saturated carbocycles. The minimum atomic E-state index is -1.08. The fraction of sp³-hybridized carbons (Fsp3) is 0.500. The van der Waals surface area contributed by atoms with Gasteiger partial charge in [-0.3, -0.25) is 0 Å². The first-order valence-electron chi connectivity index (χ1n) is 1.82. The molecule has 5 heteroatoms. The monoisotopic (exact) mass is 146 g/mol. The van der Waals surface area contributed by atoms with Crippen molar-refractivity contribution >= 4 is 22.9 Å². The predicted octanol–water partition coefficient (Wildman–Crippen LogP) is -2.87. The molecule has 0 rings (SSSR count). The van der Waals surface area contributed by atoms with Crippen LogP contribution in [0.4, 0.5) is 0 Å². The molecular formula is C4H6O4Si. The molecule has 0 aliphatic heterocycles. The summed E-state index contributed by atoms with van der Waals surface area (Å²) in [4.78, 5) is 17.8. The van der Waals surface area contributed by atoms with Gasteiger partial charge in [0.05, 0.1) is 0 Å². The van der Waals surface area contributed by atoms with Crippen LogP contribution in [0.5, 0.6) is 0 Å². The summed E-state index contributed by atoms with van der Waals surface area (Å²) >= 11 is 0. The molecule has 0 unspecified atom stereocenters. The molecule has 0 spiro atoms. The van der Waals surface area contributed by atoms with E-state index in [1.54, 1.807) is 0 Å². The van der Waals surface area contributed by atoms with Gasteiger partial charge in [-0.15, -0.1) is 0 Å². The number of carboxylic acid groups (broad SMARTS) is 2. The van der Waals surface area contributed by atoms with Crippen LogP contribution in [-0.2, 0) is 9.59 Å². The predicted molar refractivity (Wildman–Crippen MR) is 27.1 cm³/mol. The molecule has 0 saturated heterocycles. The molecule has 0 bridgehead atoms. The van der Waals surface area contributed by atoms with Crippen molar-refractivity contribution in [2.75, 3.05) is 0 Å². The van der Waals surface area contributed by atoms with Crippen LogP contribution >= 0.6 is 0 Å². The number of carbonyl (C=O) groups excluding carboxylic acids is 2. The van der Waals surface area contributed by atoms with Crippen LogP contribution < -0.4 is 10.2 Å². The normalized spacial score (nSPS) is 5.56. The largest absolute Gasteiger partial charge is 2.00 e. The third-order valence-corrected chi connectivity index (χ3v) is 0. The summed E-state index contributed by atoms with van der Waals surface area (Å²) in [5, 5.41) is 17.8. The third-order valence-electron chi connectivity index (χ3n) is 0. The van der Waals surface area contributed by atoms with Crippen LogP contribution in [0.1, 0.15) is 13.8 Å². The second kappa shape index (κ2) is 10.2. The Morgan fingerprint density at radius 3 is 1.00 bits per heavy atom. The zero-order chi connectivity index (χ0) is 7.15. The van der Waals surface area contributed by atoms with Crippen molar-refractivity contribution in [2.24, 2.45) is 0 Å². The Labute approximate surface area is 57.5 Å². The molecule has 0 N–H and O–H groups in total. The maximum atomic E-state index is 8.89. The first kappa shape index (κ1) is 15.7. The molecule has 0 fully saturated rings. The standard InChI is InChI=1S/2C2H4O2.Si/c2*1-2(3)4;/h2*1H3,(H,3,4);/q;;+2/p-2. The Balaban J connectivity index is -0.0000000720. The summed E-state index contributed by atoms with van der Waals surface area (Å²) in [6.45, 7) is 1.94. The molecule has 0 aromatic carbocycles. The molecule has 0 aliphatic rings. The molecule has 0 aromatic rings. The fourth-order valence-corrected chi connectivity index (χ4v) is 0. The first-order chi connectivity index (χ1) is 3.46. The van der Waals surface area contributed by atoms with E-state index in [1.807, 2.05) is 0 Å². The third kappa shape index (κ3) is 268. The van der Waals surface area contributed by atoms with E-state index < -0.39 is 11.9 Å². The number of hydrogen-bond donors (Lipinski definition) is 0. The zero-order valence-corrected chi connectivity index (χ0v) is 6.13. The SMILES string of the molecule is CC(=O)[O-].CC(=O)[O-].[Si+2]. The summed E-state index contributed by atoms with van der Waals surface area (Å²) in [7, 11) is 0. The van der Waals surface area contributed by atoms with Gasteiger partial charge in [-0.05, 0) is 13.8 Å². The van der Waals surface area contributed by atoms with Gasteiger partial charge < -0.3 is 19.8 Å². The van der Waals surface area contributed by atoms with Gasteiger partial charge >= 0.3 is 11.0 Å². The van der Waals surface area contributed by atoms with E-state index in [-0.39, 0.29) is 11.0 Å². The molecule has 2 radical (unpaired) electrons. The molecule has 9 heavy (non-hydrogen) atoms. The zero-order valence-electron chi connectivity index (χ0n) is 5.13. The highest BCUT2D eigenvalue weighted by Crippen LogP contribution is 1.31.